The molecule has 2 aromatic rings. The topological polar surface area (TPSA) is 52.3 Å². The van der Waals surface area contributed by atoms with Gasteiger partial charge in [-0.2, -0.15) is 0 Å². The van der Waals surface area contributed by atoms with Crippen LogP contribution in [0.15, 0.2) is 34.7 Å². The fraction of sp³-hybridized carbons (Fsp3) is 0.333. The van der Waals surface area contributed by atoms with E-state index in [-0.39, 0.29) is 5.76 Å². The molecule has 2 rings (SSSR count). The first-order chi connectivity index (χ1) is 9.16. The van der Waals surface area contributed by atoms with Crippen molar-refractivity contribution in [2.45, 2.75) is 26.7 Å². The number of nitrogens with zero attached hydrogens (tertiary/aromatic N) is 1. The highest BCUT2D eigenvalue weighted by Crippen LogP contribution is 2.11. The Kier molecular flexibility index (Phi) is 4.34. The monoisotopic (exact) mass is 259 g/mol. The van der Waals surface area contributed by atoms with Crippen LogP contribution in [-0.4, -0.2) is 17.6 Å². The summed E-state index contributed by atoms with van der Waals surface area (Å²) in [6, 6.07) is 10.1. The summed E-state index contributed by atoms with van der Waals surface area (Å²) in [4.78, 5) is 15.8. The normalized spacial score (nSPS) is 10.4. The van der Waals surface area contributed by atoms with Gasteiger partial charge in [0.25, 0.3) is 0 Å². The minimum Gasteiger partial charge on any atom is -0.460 e. The first-order valence-corrected chi connectivity index (χ1v) is 6.32. The van der Waals surface area contributed by atoms with Crippen LogP contribution in [0.4, 0.5) is 0 Å². The first kappa shape index (κ1) is 13.3. The van der Waals surface area contributed by atoms with Crippen molar-refractivity contribution in [2.75, 3.05) is 6.61 Å². The molecule has 0 N–H and O–H groups in total. The molecule has 0 saturated carbocycles. The predicted octanol–water partition coefficient (Wildman–Crippen LogP) is 3.08. The molecule has 100 valence electrons. The van der Waals surface area contributed by atoms with Crippen molar-refractivity contribution in [2.24, 2.45) is 0 Å². The highest BCUT2D eigenvalue weighted by Gasteiger charge is 2.16. The van der Waals surface area contributed by atoms with Gasteiger partial charge in [0.05, 0.1) is 12.3 Å². The molecule has 1 aromatic carbocycles. The molecule has 0 amide bonds. The number of aromatic nitrogens is 1. The van der Waals surface area contributed by atoms with Crippen LogP contribution in [0.3, 0.4) is 0 Å². The summed E-state index contributed by atoms with van der Waals surface area (Å²) in [5, 5.41) is 0. The van der Waals surface area contributed by atoms with Gasteiger partial charge in [-0.05, 0) is 25.3 Å². The number of benzene rings is 1. The Morgan fingerprint density at radius 3 is 2.63 bits per heavy atom. The number of hydrogen-bond donors (Lipinski definition) is 0. The van der Waals surface area contributed by atoms with Gasteiger partial charge in [0.15, 0.2) is 5.89 Å². The third-order valence-corrected chi connectivity index (χ3v) is 2.77. The predicted molar refractivity (Wildman–Crippen MR) is 71.0 cm³/mol. The summed E-state index contributed by atoms with van der Waals surface area (Å²) in [5.74, 6) is 0.247. The summed E-state index contributed by atoms with van der Waals surface area (Å²) in [6.07, 6.45) is 1.68. The van der Waals surface area contributed by atoms with E-state index in [1.54, 1.807) is 13.8 Å². The average Bonchev–Trinajstić information content (AvgIpc) is 2.75. The fourth-order valence-corrected chi connectivity index (χ4v) is 1.87. The maximum Gasteiger partial charge on any atom is 0.376 e. The maximum absolute atomic E-state index is 11.7. The second-order valence-corrected chi connectivity index (χ2v) is 4.37. The van der Waals surface area contributed by atoms with Gasteiger partial charge in [0, 0.05) is 6.92 Å². The van der Waals surface area contributed by atoms with Gasteiger partial charge in [-0.1, -0.05) is 30.3 Å². The van der Waals surface area contributed by atoms with Crippen LogP contribution in [0.2, 0.25) is 0 Å². The lowest BCUT2D eigenvalue weighted by Crippen LogP contribution is -2.07. The summed E-state index contributed by atoms with van der Waals surface area (Å²) < 4.78 is 10.4. The molecular weight excluding hydrogens is 242 g/mol. The molecule has 4 nitrogen and oxygen atoms in total. The first-order valence-electron chi connectivity index (χ1n) is 6.32. The molecule has 0 atom stereocenters. The van der Waals surface area contributed by atoms with E-state index in [4.69, 9.17) is 9.15 Å². The van der Waals surface area contributed by atoms with Crippen LogP contribution in [0.5, 0.6) is 0 Å². The van der Waals surface area contributed by atoms with Crippen molar-refractivity contribution in [1.82, 2.24) is 4.98 Å². The van der Waals surface area contributed by atoms with Crippen molar-refractivity contribution in [3.63, 3.8) is 0 Å². The molecule has 1 heterocycles. The van der Waals surface area contributed by atoms with Gasteiger partial charge in [-0.3, -0.25) is 0 Å². The molecule has 19 heavy (non-hydrogen) atoms. The van der Waals surface area contributed by atoms with Gasteiger partial charge < -0.3 is 9.15 Å². The van der Waals surface area contributed by atoms with Crippen molar-refractivity contribution in [1.29, 1.82) is 0 Å². The summed E-state index contributed by atoms with van der Waals surface area (Å²) in [5.41, 5.74) is 1.82. The third-order valence-electron chi connectivity index (χ3n) is 2.77. The Hall–Kier alpha value is -2.10. The number of carbonyl (C=O) groups is 1. The van der Waals surface area contributed by atoms with E-state index in [1.807, 2.05) is 18.2 Å². The molecule has 0 unspecified atom stereocenters. The lowest BCUT2D eigenvalue weighted by atomic mass is 10.1. The molecule has 0 saturated heterocycles. The highest BCUT2D eigenvalue weighted by molar-refractivity contribution is 5.87. The number of oxazole rings is 1. The molecule has 4 heteroatoms. The number of aryl methyl sites for hydroxylation is 3. The number of rotatable bonds is 5. The van der Waals surface area contributed by atoms with Crippen LogP contribution >= 0.6 is 0 Å². The zero-order valence-corrected chi connectivity index (χ0v) is 11.2. The van der Waals surface area contributed by atoms with Crippen LogP contribution < -0.4 is 0 Å². The number of hydrogen-bond acceptors (Lipinski definition) is 4. The molecule has 0 radical (unpaired) electrons. The number of carbonyl (C=O) groups excluding carboxylic acids is 1. The standard InChI is InChI=1S/C15H17NO3/c1-11-14(19-12(2)16-11)15(17)18-10-6-9-13-7-4-3-5-8-13/h3-5,7-8H,6,9-10H2,1-2H3. The Balaban J connectivity index is 1.77. The zero-order chi connectivity index (χ0) is 13.7. The van der Waals surface area contributed by atoms with Gasteiger partial charge >= 0.3 is 5.97 Å². The van der Waals surface area contributed by atoms with Gasteiger partial charge in [0.1, 0.15) is 0 Å². The van der Waals surface area contributed by atoms with Crippen molar-refractivity contribution >= 4 is 5.97 Å². The molecular formula is C15H17NO3. The van der Waals surface area contributed by atoms with E-state index < -0.39 is 5.97 Å². The second-order valence-electron chi connectivity index (χ2n) is 4.37. The lowest BCUT2D eigenvalue weighted by molar-refractivity contribution is 0.0461. The second kappa shape index (κ2) is 6.18. The van der Waals surface area contributed by atoms with Gasteiger partial charge in [0.2, 0.25) is 5.76 Å². The summed E-state index contributed by atoms with van der Waals surface area (Å²) in [7, 11) is 0. The largest absolute Gasteiger partial charge is 0.460 e. The Bertz CT molecular complexity index is 546. The minimum atomic E-state index is -0.439. The Labute approximate surface area is 112 Å². The number of ether oxygens (including phenoxy) is 1. The molecule has 0 bridgehead atoms. The van der Waals surface area contributed by atoms with Crippen LogP contribution in [-0.2, 0) is 11.2 Å². The van der Waals surface area contributed by atoms with Gasteiger partial charge in [-0.15, -0.1) is 0 Å². The van der Waals surface area contributed by atoms with Crippen molar-refractivity contribution < 1.29 is 13.9 Å². The molecule has 0 aliphatic heterocycles. The molecule has 1 aromatic heterocycles. The number of esters is 1. The van der Waals surface area contributed by atoms with Crippen LogP contribution in [0.25, 0.3) is 0 Å². The lowest BCUT2D eigenvalue weighted by Gasteiger charge is -2.03. The van der Waals surface area contributed by atoms with E-state index in [1.165, 1.54) is 5.56 Å². The summed E-state index contributed by atoms with van der Waals surface area (Å²) >= 11 is 0. The quantitative estimate of drug-likeness (QED) is 0.611. The highest BCUT2D eigenvalue weighted by atomic mass is 16.5. The Morgan fingerprint density at radius 2 is 2.00 bits per heavy atom. The van der Waals surface area contributed by atoms with E-state index in [2.05, 4.69) is 17.1 Å². The fourth-order valence-electron chi connectivity index (χ4n) is 1.87. The van der Waals surface area contributed by atoms with E-state index >= 15 is 0 Å². The maximum atomic E-state index is 11.7. The average molecular weight is 259 g/mol. The molecule has 0 aliphatic rings. The third kappa shape index (κ3) is 3.68. The zero-order valence-electron chi connectivity index (χ0n) is 11.2. The van der Waals surface area contributed by atoms with Crippen LogP contribution in [0, 0.1) is 13.8 Å². The SMILES string of the molecule is Cc1nc(C)c(C(=O)OCCCc2ccccc2)o1. The molecule has 0 fully saturated rings. The van der Waals surface area contributed by atoms with Crippen LogP contribution in [0.1, 0.15) is 34.1 Å². The Morgan fingerprint density at radius 1 is 1.26 bits per heavy atom. The molecule has 0 aliphatic carbocycles. The van der Waals surface area contributed by atoms with E-state index in [0.29, 0.717) is 18.2 Å². The van der Waals surface area contributed by atoms with E-state index in [9.17, 15) is 4.79 Å². The summed E-state index contributed by atoms with van der Waals surface area (Å²) in [6.45, 7) is 3.82. The van der Waals surface area contributed by atoms with E-state index in [0.717, 1.165) is 12.8 Å². The smallest absolute Gasteiger partial charge is 0.376 e. The van der Waals surface area contributed by atoms with Crippen molar-refractivity contribution in [3.8, 4) is 0 Å². The van der Waals surface area contributed by atoms with Crippen molar-refractivity contribution in [3.05, 3.63) is 53.2 Å². The minimum absolute atomic E-state index is 0.206. The molecule has 0 spiro atoms. The van der Waals surface area contributed by atoms with Gasteiger partial charge in [-0.25, -0.2) is 9.78 Å².